The number of amides is 1. The zero-order valence-corrected chi connectivity index (χ0v) is 19.3. The number of aliphatic hydroxyl groups is 1. The van der Waals surface area contributed by atoms with Crippen LogP contribution in [-0.4, -0.2) is 34.8 Å². The third-order valence-electron chi connectivity index (χ3n) is 5.74. The third-order valence-corrected chi connectivity index (χ3v) is 5.74. The molecule has 0 radical (unpaired) electrons. The van der Waals surface area contributed by atoms with Crippen molar-refractivity contribution in [2.24, 2.45) is 0 Å². The van der Waals surface area contributed by atoms with Crippen LogP contribution in [0.2, 0.25) is 0 Å². The summed E-state index contributed by atoms with van der Waals surface area (Å²) in [6, 6.07) is 21.4. The smallest absolute Gasteiger partial charge is 0.255 e. The first-order valence-corrected chi connectivity index (χ1v) is 11.3. The molecule has 1 atom stereocenters. The first-order valence-electron chi connectivity index (χ1n) is 11.3. The average molecular weight is 443 g/mol. The molecule has 4 aromatic rings. The lowest BCUT2D eigenvalue weighted by Crippen LogP contribution is -2.39. The van der Waals surface area contributed by atoms with E-state index >= 15 is 0 Å². The van der Waals surface area contributed by atoms with Crippen LogP contribution in [0.25, 0.3) is 22.0 Å². The Hall–Kier alpha value is -3.57. The molecule has 0 spiro atoms. The highest BCUT2D eigenvalue weighted by molar-refractivity contribution is 5.98. The van der Waals surface area contributed by atoms with Gasteiger partial charge in [0.25, 0.3) is 5.91 Å². The first kappa shape index (κ1) is 22.6. The maximum Gasteiger partial charge on any atom is 0.255 e. The number of aliphatic hydroxyl groups excluding tert-OH is 1. The van der Waals surface area contributed by atoms with Gasteiger partial charge in [-0.15, -0.1) is 0 Å². The van der Waals surface area contributed by atoms with Gasteiger partial charge in [-0.25, -0.2) is 0 Å². The molecule has 1 amide bonds. The van der Waals surface area contributed by atoms with Gasteiger partial charge in [-0.3, -0.25) is 4.79 Å². The minimum absolute atomic E-state index is 0.0688. The predicted octanol–water partition coefficient (Wildman–Crippen LogP) is 5.26. The number of hydrogen-bond donors (Lipinski definition) is 3. The Morgan fingerprint density at radius 1 is 1.06 bits per heavy atom. The molecule has 3 N–H and O–H groups in total. The number of carbonyl (C=O) groups is 1. The molecule has 0 aliphatic heterocycles. The Balaban J connectivity index is 1.62. The fourth-order valence-electron chi connectivity index (χ4n) is 4.12. The van der Waals surface area contributed by atoms with Crippen molar-refractivity contribution in [3.63, 3.8) is 0 Å². The van der Waals surface area contributed by atoms with Crippen LogP contribution in [0.1, 0.15) is 35.3 Å². The van der Waals surface area contributed by atoms with E-state index < -0.39 is 6.04 Å². The number of aromatic amines is 1. The lowest BCUT2D eigenvalue weighted by molar-refractivity contribution is 0.0910. The fourth-order valence-corrected chi connectivity index (χ4v) is 4.12. The van der Waals surface area contributed by atoms with Crippen molar-refractivity contribution in [3.8, 4) is 16.9 Å². The van der Waals surface area contributed by atoms with Gasteiger partial charge in [-0.05, 0) is 67.6 Å². The normalized spacial score (nSPS) is 12.2. The topological polar surface area (TPSA) is 74.3 Å². The number of carbonyl (C=O) groups excluding carboxylic acids is 1. The van der Waals surface area contributed by atoms with Crippen LogP contribution in [0.15, 0.2) is 72.9 Å². The average Bonchev–Trinajstić information content (AvgIpc) is 3.21. The van der Waals surface area contributed by atoms with Gasteiger partial charge in [-0.1, -0.05) is 48.5 Å². The Labute approximate surface area is 194 Å². The van der Waals surface area contributed by atoms with Gasteiger partial charge >= 0.3 is 0 Å². The lowest BCUT2D eigenvalue weighted by atomic mass is 9.98. The second-order valence-electron chi connectivity index (χ2n) is 8.61. The van der Waals surface area contributed by atoms with Gasteiger partial charge < -0.3 is 20.1 Å². The van der Waals surface area contributed by atoms with Gasteiger partial charge in [-0.2, -0.15) is 0 Å². The maximum absolute atomic E-state index is 13.4. The van der Waals surface area contributed by atoms with Crippen molar-refractivity contribution >= 4 is 16.8 Å². The number of H-pyrrole nitrogens is 1. The number of hydrogen-bond acceptors (Lipinski definition) is 3. The van der Waals surface area contributed by atoms with Gasteiger partial charge in [0, 0.05) is 17.1 Å². The third kappa shape index (κ3) is 5.10. The maximum atomic E-state index is 13.4. The fraction of sp³-hybridized carbons (Fsp3) is 0.250. The van der Waals surface area contributed by atoms with Crippen LogP contribution in [-0.2, 0) is 6.42 Å². The zero-order chi connectivity index (χ0) is 23.4. The summed E-state index contributed by atoms with van der Waals surface area (Å²) in [5.41, 5.74) is 5.70. The number of nitrogens with one attached hydrogen (secondary N) is 2. The minimum Gasteiger partial charge on any atom is -0.490 e. The molecule has 1 heterocycles. The number of para-hydroxylation sites is 1. The number of benzene rings is 3. The monoisotopic (exact) mass is 442 g/mol. The summed E-state index contributed by atoms with van der Waals surface area (Å²) in [6.07, 6.45) is 2.39. The second kappa shape index (κ2) is 9.92. The molecule has 0 bridgehead atoms. The number of aromatic nitrogens is 1. The van der Waals surface area contributed by atoms with Crippen LogP contribution >= 0.6 is 0 Å². The molecular weight excluding hydrogens is 412 g/mol. The second-order valence-corrected chi connectivity index (χ2v) is 8.61. The van der Waals surface area contributed by atoms with Gasteiger partial charge in [0.05, 0.1) is 24.3 Å². The molecular formula is C28H30N2O3. The highest BCUT2D eigenvalue weighted by Crippen LogP contribution is 2.29. The Bertz CT molecular complexity index is 1260. The van der Waals surface area contributed by atoms with Crippen molar-refractivity contribution in [2.75, 3.05) is 6.61 Å². The van der Waals surface area contributed by atoms with E-state index in [0.29, 0.717) is 17.7 Å². The van der Waals surface area contributed by atoms with Crippen molar-refractivity contribution in [1.29, 1.82) is 0 Å². The van der Waals surface area contributed by atoms with E-state index in [1.807, 2.05) is 80.7 Å². The Kier molecular flexibility index (Phi) is 6.80. The van der Waals surface area contributed by atoms with Crippen LogP contribution < -0.4 is 10.1 Å². The molecule has 33 heavy (non-hydrogen) atoms. The van der Waals surface area contributed by atoms with E-state index in [1.165, 1.54) is 0 Å². The molecule has 5 nitrogen and oxygen atoms in total. The summed E-state index contributed by atoms with van der Waals surface area (Å²) in [5, 5.41) is 14.1. The zero-order valence-electron chi connectivity index (χ0n) is 19.3. The van der Waals surface area contributed by atoms with E-state index in [1.54, 1.807) is 0 Å². The number of rotatable bonds is 8. The molecule has 0 aliphatic carbocycles. The molecule has 0 unspecified atom stereocenters. The van der Waals surface area contributed by atoms with E-state index in [0.717, 1.165) is 33.2 Å². The SMILES string of the molecule is Cc1ccccc1-c1ccc(OC(C)C)c(C(=O)N[C@@H](CO)Cc2c[nH]c3ccccc23)c1. The summed E-state index contributed by atoms with van der Waals surface area (Å²) in [4.78, 5) is 16.6. The quantitative estimate of drug-likeness (QED) is 0.348. The van der Waals surface area contributed by atoms with Gasteiger partial charge in [0.2, 0.25) is 0 Å². The molecule has 5 heteroatoms. The largest absolute Gasteiger partial charge is 0.490 e. The van der Waals surface area contributed by atoms with Gasteiger partial charge in [0.1, 0.15) is 5.75 Å². The highest BCUT2D eigenvalue weighted by atomic mass is 16.5. The Morgan fingerprint density at radius 2 is 1.82 bits per heavy atom. The molecule has 3 aromatic carbocycles. The number of ether oxygens (including phenoxy) is 1. The predicted molar refractivity (Wildman–Crippen MR) is 133 cm³/mol. The molecule has 1 aromatic heterocycles. The molecule has 0 aliphatic rings. The minimum atomic E-state index is -0.425. The number of aryl methyl sites for hydroxylation is 1. The standard InChI is InChI=1S/C28H30N2O3/c1-18(2)33-27-13-12-20(23-9-5-4-8-19(23)3)15-25(27)28(32)30-22(17-31)14-21-16-29-26-11-7-6-10-24(21)26/h4-13,15-16,18,22,29,31H,14,17H2,1-3H3,(H,30,32)/t22-/m1/s1. The van der Waals surface area contributed by atoms with Crippen LogP contribution in [0.4, 0.5) is 0 Å². The molecule has 0 fully saturated rings. The van der Waals surface area contributed by atoms with Crippen LogP contribution in [0.5, 0.6) is 5.75 Å². The Morgan fingerprint density at radius 3 is 2.58 bits per heavy atom. The molecule has 4 rings (SSSR count). The van der Waals surface area contributed by atoms with Crippen molar-refractivity contribution in [3.05, 3.63) is 89.6 Å². The van der Waals surface area contributed by atoms with Crippen LogP contribution in [0, 0.1) is 6.92 Å². The summed E-state index contributed by atoms with van der Waals surface area (Å²) >= 11 is 0. The summed E-state index contributed by atoms with van der Waals surface area (Å²) in [6.45, 7) is 5.76. The van der Waals surface area contributed by atoms with E-state index in [9.17, 15) is 9.90 Å². The molecule has 0 saturated carbocycles. The number of fused-ring (bicyclic) bond motifs is 1. The van der Waals surface area contributed by atoms with Crippen LogP contribution in [0.3, 0.4) is 0 Å². The summed E-state index contributed by atoms with van der Waals surface area (Å²) in [7, 11) is 0. The van der Waals surface area contributed by atoms with E-state index in [4.69, 9.17) is 4.74 Å². The highest BCUT2D eigenvalue weighted by Gasteiger charge is 2.20. The summed E-state index contributed by atoms with van der Waals surface area (Å²) in [5.74, 6) is 0.267. The molecule has 0 saturated heterocycles. The van der Waals surface area contributed by atoms with Crippen molar-refractivity contribution < 1.29 is 14.6 Å². The first-order chi connectivity index (χ1) is 16.0. The summed E-state index contributed by atoms with van der Waals surface area (Å²) < 4.78 is 5.94. The van der Waals surface area contributed by atoms with E-state index in [2.05, 4.69) is 23.3 Å². The van der Waals surface area contributed by atoms with Crippen molar-refractivity contribution in [1.82, 2.24) is 10.3 Å². The van der Waals surface area contributed by atoms with E-state index in [-0.39, 0.29) is 18.6 Å². The van der Waals surface area contributed by atoms with Crippen molar-refractivity contribution in [2.45, 2.75) is 39.3 Å². The lowest BCUT2D eigenvalue weighted by Gasteiger charge is -2.19. The molecule has 170 valence electrons. The van der Waals surface area contributed by atoms with Gasteiger partial charge in [0.15, 0.2) is 0 Å².